The number of carboxylic acid groups (broad SMARTS) is 1. The second-order valence-corrected chi connectivity index (χ2v) is 6.42. The number of carbonyl (C=O) groups excluding carboxylic acids is 1. The zero-order valence-electron chi connectivity index (χ0n) is 13.3. The normalized spacial score (nSPS) is 12.7. The van der Waals surface area contributed by atoms with Crippen molar-refractivity contribution in [1.29, 1.82) is 5.26 Å². The number of aliphatic carboxylic acids is 1. The van der Waals surface area contributed by atoms with E-state index in [-0.39, 0.29) is 12.1 Å². The molecule has 1 amide bonds. The summed E-state index contributed by atoms with van der Waals surface area (Å²) >= 11 is 0.803. The summed E-state index contributed by atoms with van der Waals surface area (Å²) in [6, 6.07) is 12.4. The molecule has 0 saturated heterocycles. The molecule has 0 saturated carbocycles. The van der Waals surface area contributed by atoms with Gasteiger partial charge < -0.3 is 10.4 Å². The Labute approximate surface area is 148 Å². The lowest BCUT2D eigenvalue weighted by Gasteiger charge is -2.24. The number of carboxylic acids is 1. The number of thioether (sulfide) groups is 1. The lowest BCUT2D eigenvalue weighted by Crippen LogP contribution is -2.36. The molecule has 0 bridgehead atoms. The summed E-state index contributed by atoms with van der Waals surface area (Å²) in [5.41, 5.74) is -1.01. The molecule has 0 aliphatic heterocycles. The third-order valence-corrected chi connectivity index (χ3v) is 4.36. The third kappa shape index (κ3) is 4.37. The molecule has 0 unspecified atom stereocenters. The SMILES string of the molecule is C[C@@](CC(=O)Nc1ccc(SC#N)cc1F)(C(=O)O)c1ccccc1. The van der Waals surface area contributed by atoms with Gasteiger partial charge in [0.05, 0.1) is 11.1 Å². The van der Waals surface area contributed by atoms with Gasteiger partial charge in [-0.1, -0.05) is 30.3 Å². The number of anilines is 1. The Morgan fingerprint density at radius 2 is 1.96 bits per heavy atom. The van der Waals surface area contributed by atoms with Gasteiger partial charge in [-0.3, -0.25) is 9.59 Å². The van der Waals surface area contributed by atoms with Crippen LogP contribution in [0.4, 0.5) is 10.1 Å². The predicted octanol–water partition coefficient (Wildman–Crippen LogP) is 3.77. The van der Waals surface area contributed by atoms with E-state index in [0.29, 0.717) is 10.5 Å². The lowest BCUT2D eigenvalue weighted by atomic mass is 9.79. The second kappa shape index (κ2) is 7.81. The van der Waals surface area contributed by atoms with Crippen LogP contribution in [0.1, 0.15) is 18.9 Å². The Kier molecular flexibility index (Phi) is 5.78. The van der Waals surface area contributed by atoms with Gasteiger partial charge in [0.1, 0.15) is 11.2 Å². The number of halogens is 1. The molecule has 25 heavy (non-hydrogen) atoms. The average Bonchev–Trinajstić information content (AvgIpc) is 2.58. The van der Waals surface area contributed by atoms with Crippen molar-refractivity contribution in [2.45, 2.75) is 23.7 Å². The third-order valence-electron chi connectivity index (χ3n) is 3.78. The summed E-state index contributed by atoms with van der Waals surface area (Å²) in [6.07, 6.45) is -0.347. The smallest absolute Gasteiger partial charge is 0.314 e. The number of carbonyl (C=O) groups is 2. The standard InChI is InChI=1S/C18H15FN2O3S/c1-18(17(23)24,12-5-3-2-4-6-12)10-16(22)21-15-8-7-13(25-11-20)9-14(15)19/h2-9H,10H2,1H3,(H,21,22)(H,23,24)/t18-/m0/s1. The van der Waals surface area contributed by atoms with Crippen LogP contribution >= 0.6 is 11.8 Å². The van der Waals surface area contributed by atoms with Crippen molar-refractivity contribution < 1.29 is 19.1 Å². The molecular weight excluding hydrogens is 343 g/mol. The molecule has 0 spiro atoms. The highest BCUT2D eigenvalue weighted by atomic mass is 32.2. The number of hydrogen-bond acceptors (Lipinski definition) is 4. The summed E-state index contributed by atoms with van der Waals surface area (Å²) in [7, 11) is 0. The number of nitrogens with zero attached hydrogens (tertiary/aromatic N) is 1. The van der Waals surface area contributed by atoms with Crippen LogP contribution in [0, 0.1) is 16.5 Å². The van der Waals surface area contributed by atoms with E-state index in [1.807, 2.05) is 5.40 Å². The Balaban J connectivity index is 2.18. The molecule has 2 aromatic rings. The molecule has 2 aromatic carbocycles. The van der Waals surface area contributed by atoms with Gasteiger partial charge in [0.15, 0.2) is 0 Å². The minimum absolute atomic E-state index is 0.0620. The average molecular weight is 358 g/mol. The van der Waals surface area contributed by atoms with E-state index < -0.39 is 23.1 Å². The largest absolute Gasteiger partial charge is 0.481 e. The number of nitrogens with one attached hydrogen (secondary N) is 1. The van der Waals surface area contributed by atoms with Crippen molar-refractivity contribution in [1.82, 2.24) is 0 Å². The van der Waals surface area contributed by atoms with E-state index in [9.17, 15) is 19.1 Å². The van der Waals surface area contributed by atoms with Crippen molar-refractivity contribution in [3.8, 4) is 5.40 Å². The molecule has 0 heterocycles. The van der Waals surface area contributed by atoms with Crippen LogP contribution in [0.5, 0.6) is 0 Å². The fourth-order valence-corrected chi connectivity index (χ4v) is 2.74. The van der Waals surface area contributed by atoms with E-state index in [0.717, 1.165) is 17.8 Å². The highest BCUT2D eigenvalue weighted by molar-refractivity contribution is 8.03. The van der Waals surface area contributed by atoms with Gasteiger partial charge in [-0.2, -0.15) is 5.26 Å². The van der Waals surface area contributed by atoms with Crippen LogP contribution in [0.2, 0.25) is 0 Å². The molecule has 0 aromatic heterocycles. The molecule has 128 valence electrons. The van der Waals surface area contributed by atoms with Gasteiger partial charge >= 0.3 is 5.97 Å². The molecule has 1 atom stereocenters. The molecule has 0 aliphatic carbocycles. The van der Waals surface area contributed by atoms with Gasteiger partial charge in [0.2, 0.25) is 5.91 Å². The molecule has 7 heteroatoms. The summed E-state index contributed by atoms with van der Waals surface area (Å²) in [5.74, 6) is -2.45. The number of hydrogen-bond donors (Lipinski definition) is 2. The quantitative estimate of drug-likeness (QED) is 0.606. The molecule has 0 aliphatic rings. The Hall–Kier alpha value is -2.85. The van der Waals surface area contributed by atoms with E-state index in [1.54, 1.807) is 30.3 Å². The summed E-state index contributed by atoms with van der Waals surface area (Å²) in [5, 5.41) is 22.4. The van der Waals surface area contributed by atoms with Crippen molar-refractivity contribution >= 4 is 29.3 Å². The van der Waals surface area contributed by atoms with Crippen LogP contribution < -0.4 is 5.32 Å². The summed E-state index contributed by atoms with van der Waals surface area (Å²) < 4.78 is 14.0. The first-order chi connectivity index (χ1) is 11.9. The van der Waals surface area contributed by atoms with Crippen molar-refractivity contribution in [3.63, 3.8) is 0 Å². The first-order valence-corrected chi connectivity index (χ1v) is 8.13. The van der Waals surface area contributed by atoms with Gasteiger partial charge in [0, 0.05) is 11.3 Å². The fourth-order valence-electron chi connectivity index (χ4n) is 2.34. The number of nitriles is 1. The van der Waals surface area contributed by atoms with Crippen LogP contribution in [0.15, 0.2) is 53.4 Å². The fraction of sp³-hybridized carbons (Fsp3) is 0.167. The molecule has 2 rings (SSSR count). The predicted molar refractivity (Wildman–Crippen MR) is 92.5 cm³/mol. The first kappa shape index (κ1) is 18.5. The van der Waals surface area contributed by atoms with Crippen molar-refractivity contribution in [2.24, 2.45) is 0 Å². The summed E-state index contributed by atoms with van der Waals surface area (Å²) in [6.45, 7) is 1.45. The van der Waals surface area contributed by atoms with Crippen LogP contribution in [-0.4, -0.2) is 17.0 Å². The van der Waals surface area contributed by atoms with Gasteiger partial charge in [-0.15, -0.1) is 0 Å². The zero-order chi connectivity index (χ0) is 18.4. The minimum atomic E-state index is -1.43. The maximum atomic E-state index is 14.0. The van der Waals surface area contributed by atoms with Gasteiger partial charge in [-0.25, -0.2) is 4.39 Å². The zero-order valence-corrected chi connectivity index (χ0v) is 14.1. The number of amides is 1. The van der Waals surface area contributed by atoms with Crippen LogP contribution in [0.3, 0.4) is 0 Å². The van der Waals surface area contributed by atoms with Crippen molar-refractivity contribution in [2.75, 3.05) is 5.32 Å². The Morgan fingerprint density at radius 3 is 2.52 bits per heavy atom. The molecular formula is C18H15FN2O3S. The monoisotopic (exact) mass is 358 g/mol. The highest BCUT2D eigenvalue weighted by Gasteiger charge is 2.37. The van der Waals surface area contributed by atoms with E-state index in [1.165, 1.54) is 19.1 Å². The first-order valence-electron chi connectivity index (χ1n) is 7.31. The Morgan fingerprint density at radius 1 is 1.28 bits per heavy atom. The highest BCUT2D eigenvalue weighted by Crippen LogP contribution is 2.29. The minimum Gasteiger partial charge on any atom is -0.481 e. The van der Waals surface area contributed by atoms with E-state index in [2.05, 4.69) is 5.32 Å². The molecule has 2 N–H and O–H groups in total. The maximum absolute atomic E-state index is 14.0. The van der Waals surface area contributed by atoms with Crippen molar-refractivity contribution in [3.05, 3.63) is 59.9 Å². The molecule has 5 nitrogen and oxygen atoms in total. The summed E-state index contributed by atoms with van der Waals surface area (Å²) in [4.78, 5) is 24.4. The van der Waals surface area contributed by atoms with Crippen LogP contribution in [0.25, 0.3) is 0 Å². The van der Waals surface area contributed by atoms with Crippen LogP contribution in [-0.2, 0) is 15.0 Å². The van der Waals surface area contributed by atoms with Gasteiger partial charge in [0.25, 0.3) is 0 Å². The number of thiocyanates is 1. The number of benzene rings is 2. The Bertz CT molecular complexity index is 836. The van der Waals surface area contributed by atoms with Gasteiger partial charge in [-0.05, 0) is 42.4 Å². The topological polar surface area (TPSA) is 90.2 Å². The van der Waals surface area contributed by atoms with E-state index >= 15 is 0 Å². The van der Waals surface area contributed by atoms with E-state index in [4.69, 9.17) is 5.26 Å². The lowest BCUT2D eigenvalue weighted by molar-refractivity contribution is -0.145. The second-order valence-electron chi connectivity index (χ2n) is 5.56. The maximum Gasteiger partial charge on any atom is 0.314 e. The molecule has 0 radical (unpaired) electrons. The molecule has 0 fully saturated rings. The number of rotatable bonds is 6.